The second-order valence-corrected chi connectivity index (χ2v) is 8.01. The lowest BCUT2D eigenvalue weighted by atomic mass is 10.2. The average molecular weight is 404 g/mol. The fourth-order valence-corrected chi connectivity index (χ4v) is 4.32. The number of carbonyl (C=O) groups excluding carboxylic acids is 2. The van der Waals surface area contributed by atoms with Gasteiger partial charge in [0.1, 0.15) is 10.9 Å². The van der Waals surface area contributed by atoms with Gasteiger partial charge in [0.25, 0.3) is 5.91 Å². The zero-order valence-corrected chi connectivity index (χ0v) is 17.0. The lowest BCUT2D eigenvalue weighted by molar-refractivity contribution is -0.142. The highest BCUT2D eigenvalue weighted by Crippen LogP contribution is 2.30. The highest BCUT2D eigenvalue weighted by molar-refractivity contribution is 7.98. The zero-order chi connectivity index (χ0) is 19.4. The van der Waals surface area contributed by atoms with Gasteiger partial charge in [0.05, 0.1) is 23.4 Å². The normalized spacial score (nSPS) is 12.1. The summed E-state index contributed by atoms with van der Waals surface area (Å²) in [5.74, 6) is 0.0611. The van der Waals surface area contributed by atoms with Crippen molar-refractivity contribution >= 4 is 45.2 Å². The monoisotopic (exact) mass is 403 g/mol. The molecule has 6 nitrogen and oxygen atoms in total. The van der Waals surface area contributed by atoms with E-state index in [9.17, 15) is 9.59 Å². The molecule has 2 aromatic heterocycles. The highest BCUT2D eigenvalue weighted by atomic mass is 32.2. The Kier molecular flexibility index (Phi) is 6.18. The second-order valence-electron chi connectivity index (χ2n) is 5.99. The van der Waals surface area contributed by atoms with Crippen molar-refractivity contribution in [3.05, 3.63) is 47.0 Å². The van der Waals surface area contributed by atoms with Crippen LogP contribution in [-0.2, 0) is 9.53 Å². The number of aryl methyl sites for hydroxylation is 1. The Morgan fingerprint density at radius 2 is 2.07 bits per heavy atom. The van der Waals surface area contributed by atoms with Crippen LogP contribution in [0.1, 0.15) is 21.8 Å². The molecule has 0 bridgehead atoms. The van der Waals surface area contributed by atoms with Crippen LogP contribution in [0.4, 0.5) is 0 Å². The third-order valence-corrected chi connectivity index (χ3v) is 5.92. The molecule has 1 aromatic carbocycles. The lowest BCUT2D eigenvalue weighted by Crippen LogP contribution is -2.41. The number of fused-ring (bicyclic) bond motifs is 1. The van der Waals surface area contributed by atoms with Crippen molar-refractivity contribution in [3.63, 3.8) is 0 Å². The summed E-state index contributed by atoms with van der Waals surface area (Å²) < 4.78 is 6.66. The maximum Gasteiger partial charge on any atom is 0.328 e. The van der Waals surface area contributed by atoms with Crippen LogP contribution in [-0.4, -0.2) is 46.8 Å². The van der Waals surface area contributed by atoms with Gasteiger partial charge in [0, 0.05) is 5.39 Å². The van der Waals surface area contributed by atoms with Gasteiger partial charge in [-0.15, -0.1) is 11.3 Å². The molecule has 0 aliphatic carbocycles. The first-order valence-corrected chi connectivity index (χ1v) is 10.7. The maximum atomic E-state index is 12.7. The minimum atomic E-state index is -0.646. The van der Waals surface area contributed by atoms with Gasteiger partial charge >= 0.3 is 5.97 Å². The van der Waals surface area contributed by atoms with E-state index < -0.39 is 12.0 Å². The molecular weight excluding hydrogens is 382 g/mol. The Labute approximate surface area is 165 Å². The van der Waals surface area contributed by atoms with Crippen LogP contribution in [0, 0.1) is 6.92 Å². The van der Waals surface area contributed by atoms with Crippen molar-refractivity contribution in [3.8, 4) is 5.69 Å². The van der Waals surface area contributed by atoms with E-state index in [-0.39, 0.29) is 5.91 Å². The van der Waals surface area contributed by atoms with E-state index >= 15 is 0 Å². The van der Waals surface area contributed by atoms with E-state index in [2.05, 4.69) is 10.4 Å². The number of ether oxygens (including phenoxy) is 1. The standard InChI is InChI=1S/C19H21N3O3S2/c1-12-14-11-16(17(23)20-15(9-10-26-3)19(24)25-2)27-18(14)22(21-12)13-7-5-4-6-8-13/h4-8,11,15H,9-10H2,1-3H3,(H,20,23)/t15-/m1/s1. The van der Waals surface area contributed by atoms with E-state index in [1.165, 1.54) is 18.4 Å². The van der Waals surface area contributed by atoms with Crippen LogP contribution in [0.2, 0.25) is 0 Å². The van der Waals surface area contributed by atoms with E-state index in [0.717, 1.165) is 27.4 Å². The molecular formula is C19H21N3O3S2. The van der Waals surface area contributed by atoms with E-state index in [1.807, 2.05) is 54.3 Å². The van der Waals surface area contributed by atoms with Crippen molar-refractivity contribution in [2.75, 3.05) is 19.1 Å². The summed E-state index contributed by atoms with van der Waals surface area (Å²) in [5.41, 5.74) is 1.80. The molecule has 0 aliphatic heterocycles. The van der Waals surface area contributed by atoms with Crippen molar-refractivity contribution in [1.29, 1.82) is 0 Å². The van der Waals surface area contributed by atoms with Crippen molar-refractivity contribution in [2.45, 2.75) is 19.4 Å². The second kappa shape index (κ2) is 8.58. The average Bonchev–Trinajstić information content (AvgIpc) is 3.26. The van der Waals surface area contributed by atoms with Crippen molar-refractivity contribution < 1.29 is 14.3 Å². The summed E-state index contributed by atoms with van der Waals surface area (Å²) >= 11 is 2.98. The summed E-state index contributed by atoms with van der Waals surface area (Å²) in [6, 6.07) is 11.0. The Morgan fingerprint density at radius 3 is 2.74 bits per heavy atom. The lowest BCUT2D eigenvalue weighted by Gasteiger charge is -2.15. The molecule has 0 spiro atoms. The molecule has 8 heteroatoms. The number of thioether (sulfide) groups is 1. The quantitative estimate of drug-likeness (QED) is 0.612. The number of methoxy groups -OCH3 is 1. The van der Waals surface area contributed by atoms with Gasteiger partial charge in [-0.2, -0.15) is 16.9 Å². The number of thiophene rings is 1. The fourth-order valence-electron chi connectivity index (χ4n) is 2.76. The number of nitrogens with one attached hydrogen (secondary N) is 1. The fraction of sp³-hybridized carbons (Fsp3) is 0.316. The number of carbonyl (C=O) groups is 2. The Balaban J connectivity index is 1.88. The molecule has 1 atom stereocenters. The largest absolute Gasteiger partial charge is 0.467 e. The van der Waals surface area contributed by atoms with E-state index in [1.54, 1.807) is 11.8 Å². The minimum Gasteiger partial charge on any atom is -0.467 e. The number of esters is 1. The molecule has 0 radical (unpaired) electrons. The predicted molar refractivity (Wildman–Crippen MR) is 110 cm³/mol. The number of rotatable bonds is 7. The van der Waals surface area contributed by atoms with Crippen LogP contribution in [0.25, 0.3) is 15.9 Å². The van der Waals surface area contributed by atoms with E-state index in [4.69, 9.17) is 4.74 Å². The predicted octanol–water partition coefficient (Wildman–Crippen LogP) is 3.42. The molecule has 0 unspecified atom stereocenters. The number of nitrogens with zero attached hydrogens (tertiary/aromatic N) is 2. The number of hydrogen-bond acceptors (Lipinski definition) is 6. The number of benzene rings is 1. The number of aromatic nitrogens is 2. The Bertz CT molecular complexity index is 950. The Morgan fingerprint density at radius 1 is 1.33 bits per heavy atom. The number of hydrogen-bond donors (Lipinski definition) is 1. The molecule has 2 heterocycles. The van der Waals surface area contributed by atoms with Crippen LogP contribution in [0.15, 0.2) is 36.4 Å². The molecule has 0 aliphatic rings. The van der Waals surface area contributed by atoms with Crippen LogP contribution in [0.3, 0.4) is 0 Å². The highest BCUT2D eigenvalue weighted by Gasteiger charge is 2.24. The van der Waals surface area contributed by atoms with E-state index in [0.29, 0.717) is 11.3 Å². The summed E-state index contributed by atoms with van der Waals surface area (Å²) in [5, 5.41) is 8.32. The number of para-hydroxylation sites is 1. The Hall–Kier alpha value is -2.32. The van der Waals surface area contributed by atoms with Crippen LogP contribution < -0.4 is 5.32 Å². The summed E-state index contributed by atoms with van der Waals surface area (Å²) in [6.07, 6.45) is 2.49. The summed E-state index contributed by atoms with van der Waals surface area (Å²) in [6.45, 7) is 1.92. The molecule has 3 rings (SSSR count). The first kappa shape index (κ1) is 19.4. The molecule has 0 fully saturated rings. The molecule has 3 aromatic rings. The topological polar surface area (TPSA) is 73.2 Å². The van der Waals surface area contributed by atoms with Crippen LogP contribution >= 0.6 is 23.1 Å². The van der Waals surface area contributed by atoms with Crippen molar-refractivity contribution in [2.24, 2.45) is 0 Å². The van der Waals surface area contributed by atoms with Gasteiger partial charge in [-0.3, -0.25) is 4.79 Å². The molecule has 27 heavy (non-hydrogen) atoms. The zero-order valence-electron chi connectivity index (χ0n) is 15.4. The van der Waals surface area contributed by atoms with Gasteiger partial charge in [-0.25, -0.2) is 9.48 Å². The van der Waals surface area contributed by atoms with Gasteiger partial charge in [0.15, 0.2) is 0 Å². The molecule has 0 saturated heterocycles. The smallest absolute Gasteiger partial charge is 0.328 e. The van der Waals surface area contributed by atoms with Gasteiger partial charge in [-0.05, 0) is 43.6 Å². The number of amides is 1. The SMILES string of the molecule is COC(=O)[C@@H](CCSC)NC(=O)c1cc2c(C)nn(-c3ccccc3)c2s1. The maximum absolute atomic E-state index is 12.7. The summed E-state index contributed by atoms with van der Waals surface area (Å²) in [7, 11) is 1.33. The van der Waals surface area contributed by atoms with Gasteiger partial charge < -0.3 is 10.1 Å². The molecule has 0 saturated carbocycles. The molecule has 142 valence electrons. The van der Waals surface area contributed by atoms with Crippen LogP contribution in [0.5, 0.6) is 0 Å². The van der Waals surface area contributed by atoms with Crippen molar-refractivity contribution in [1.82, 2.24) is 15.1 Å². The third-order valence-electron chi connectivity index (χ3n) is 4.17. The first-order chi connectivity index (χ1) is 13.0. The molecule has 1 N–H and O–H groups in total. The molecule has 1 amide bonds. The van der Waals surface area contributed by atoms with Gasteiger partial charge in [-0.1, -0.05) is 18.2 Å². The first-order valence-electron chi connectivity index (χ1n) is 8.47. The summed E-state index contributed by atoms with van der Waals surface area (Å²) in [4.78, 5) is 26.1. The third kappa shape index (κ3) is 4.17. The minimum absolute atomic E-state index is 0.272. The van der Waals surface area contributed by atoms with Gasteiger partial charge in [0.2, 0.25) is 0 Å².